The summed E-state index contributed by atoms with van der Waals surface area (Å²) in [5, 5.41) is 0. The van der Waals surface area contributed by atoms with E-state index in [4.69, 9.17) is 21.7 Å². The molecular weight excluding hydrogens is 410 g/mol. The molecule has 0 unspecified atom stereocenters. The van der Waals surface area contributed by atoms with E-state index in [1.54, 1.807) is 0 Å². The Labute approximate surface area is 158 Å². The fraction of sp³-hybridized carbons (Fsp3) is 0.412. The predicted molar refractivity (Wildman–Crippen MR) is 102 cm³/mol. The number of hydrogen-bond acceptors (Lipinski definition) is 5. The maximum absolute atomic E-state index is 12.8. The third-order valence-corrected chi connectivity index (χ3v) is 6.56. The van der Waals surface area contributed by atoms with Crippen LogP contribution in [-0.2, 0) is 4.79 Å². The van der Waals surface area contributed by atoms with Gasteiger partial charge in [-0.25, -0.2) is 0 Å². The topological polar surface area (TPSA) is 38.8 Å². The highest BCUT2D eigenvalue weighted by atomic mass is 79.9. The van der Waals surface area contributed by atoms with Gasteiger partial charge in [-0.1, -0.05) is 59.2 Å². The maximum Gasteiger partial charge on any atom is 0.266 e. The second-order valence-electron chi connectivity index (χ2n) is 6.07. The van der Waals surface area contributed by atoms with Gasteiger partial charge in [-0.2, -0.15) is 0 Å². The van der Waals surface area contributed by atoms with Crippen molar-refractivity contribution in [3.63, 3.8) is 0 Å². The molecule has 0 radical (unpaired) electrons. The molecule has 0 atom stereocenters. The van der Waals surface area contributed by atoms with Crippen LogP contribution in [0.15, 0.2) is 21.5 Å². The van der Waals surface area contributed by atoms with Crippen LogP contribution in [0.2, 0.25) is 0 Å². The predicted octanol–water partition coefficient (Wildman–Crippen LogP) is 4.71. The van der Waals surface area contributed by atoms with Crippen molar-refractivity contribution in [2.45, 2.75) is 38.1 Å². The van der Waals surface area contributed by atoms with Crippen molar-refractivity contribution in [2.75, 3.05) is 6.79 Å². The number of thioether (sulfide) groups is 1. The highest BCUT2D eigenvalue weighted by Crippen LogP contribution is 2.41. The summed E-state index contributed by atoms with van der Waals surface area (Å²) in [5.41, 5.74) is 0.892. The molecule has 2 heterocycles. The van der Waals surface area contributed by atoms with Crippen LogP contribution in [0.3, 0.4) is 0 Å². The number of fused-ring (bicyclic) bond motifs is 1. The van der Waals surface area contributed by atoms with Crippen LogP contribution in [0.4, 0.5) is 0 Å². The molecule has 1 saturated carbocycles. The molecule has 1 aliphatic carbocycles. The lowest BCUT2D eigenvalue weighted by atomic mass is 9.94. The third-order valence-electron chi connectivity index (χ3n) is 4.54. The second kappa shape index (κ2) is 6.69. The first-order valence-corrected chi connectivity index (χ1v) is 10.0. The average Bonchev–Trinajstić information content (AvgIpc) is 3.13. The van der Waals surface area contributed by atoms with Crippen molar-refractivity contribution in [3.8, 4) is 11.5 Å². The fourth-order valence-electron chi connectivity index (χ4n) is 3.32. The Morgan fingerprint density at radius 3 is 2.67 bits per heavy atom. The molecule has 1 amide bonds. The standard InChI is InChI=1S/C17H16BrNO3S2/c18-12-8-14-13(21-9-22-14)6-10(12)7-15-16(20)19(17(23)24-15)11-4-2-1-3-5-11/h6-8,11H,1-5,9H2/b15-7-. The van der Waals surface area contributed by atoms with Gasteiger partial charge in [0, 0.05) is 10.5 Å². The normalized spacial score (nSPS) is 22.7. The molecule has 1 aromatic rings. The van der Waals surface area contributed by atoms with Crippen LogP contribution in [0.5, 0.6) is 11.5 Å². The summed E-state index contributed by atoms with van der Waals surface area (Å²) < 4.78 is 12.3. The maximum atomic E-state index is 12.8. The van der Waals surface area contributed by atoms with Crippen molar-refractivity contribution in [2.24, 2.45) is 0 Å². The zero-order valence-electron chi connectivity index (χ0n) is 12.9. The SMILES string of the molecule is O=C1/C(=C/c2cc3c(cc2Br)OCO3)SC(=S)N1C1CCCCC1. The lowest BCUT2D eigenvalue weighted by molar-refractivity contribution is -0.124. The van der Waals surface area contributed by atoms with E-state index in [0.717, 1.165) is 22.9 Å². The monoisotopic (exact) mass is 425 g/mol. The van der Waals surface area contributed by atoms with Crippen molar-refractivity contribution in [3.05, 3.63) is 27.1 Å². The number of halogens is 1. The summed E-state index contributed by atoms with van der Waals surface area (Å²) in [6.45, 7) is 0.231. The Bertz CT molecular complexity index is 744. The van der Waals surface area contributed by atoms with Gasteiger partial charge in [0.15, 0.2) is 11.5 Å². The van der Waals surface area contributed by atoms with Crippen LogP contribution < -0.4 is 9.47 Å². The Kier molecular flexibility index (Phi) is 4.58. The summed E-state index contributed by atoms with van der Waals surface area (Å²) in [7, 11) is 0. The second-order valence-corrected chi connectivity index (χ2v) is 8.60. The summed E-state index contributed by atoms with van der Waals surface area (Å²) in [5.74, 6) is 1.45. The Hall–Kier alpha value is -1.05. The molecule has 0 spiro atoms. The summed E-state index contributed by atoms with van der Waals surface area (Å²) >= 11 is 10.4. The van der Waals surface area contributed by atoms with E-state index in [1.807, 2.05) is 23.1 Å². The zero-order valence-corrected chi connectivity index (χ0v) is 16.1. The summed E-state index contributed by atoms with van der Waals surface area (Å²) in [6, 6.07) is 4.02. The molecule has 2 fully saturated rings. The molecule has 2 aliphatic heterocycles. The van der Waals surface area contributed by atoms with Crippen LogP contribution in [0.25, 0.3) is 6.08 Å². The summed E-state index contributed by atoms with van der Waals surface area (Å²) in [6.07, 6.45) is 7.59. The molecule has 0 aromatic heterocycles. The first kappa shape index (κ1) is 16.4. The number of ether oxygens (including phenoxy) is 2. The quantitative estimate of drug-likeness (QED) is 0.506. The first-order valence-electron chi connectivity index (χ1n) is 8.00. The van der Waals surface area contributed by atoms with Crippen molar-refractivity contribution >= 4 is 56.2 Å². The average molecular weight is 426 g/mol. The van der Waals surface area contributed by atoms with E-state index in [-0.39, 0.29) is 18.7 Å². The summed E-state index contributed by atoms with van der Waals surface area (Å²) in [4.78, 5) is 15.3. The largest absolute Gasteiger partial charge is 0.454 e. The van der Waals surface area contributed by atoms with E-state index in [2.05, 4.69) is 15.9 Å². The smallest absolute Gasteiger partial charge is 0.266 e. The van der Waals surface area contributed by atoms with Gasteiger partial charge < -0.3 is 9.47 Å². The number of carbonyl (C=O) groups excluding carboxylic acids is 1. The number of thiocarbonyl (C=S) groups is 1. The fourth-order valence-corrected chi connectivity index (χ4v) is 5.15. The number of amides is 1. The lowest BCUT2D eigenvalue weighted by Gasteiger charge is -2.29. The van der Waals surface area contributed by atoms with Crippen LogP contribution in [0.1, 0.15) is 37.7 Å². The molecule has 1 aromatic carbocycles. The molecule has 7 heteroatoms. The van der Waals surface area contributed by atoms with Gasteiger partial charge in [-0.15, -0.1) is 0 Å². The van der Waals surface area contributed by atoms with E-state index >= 15 is 0 Å². The van der Waals surface area contributed by atoms with Crippen LogP contribution in [-0.4, -0.2) is 28.0 Å². The van der Waals surface area contributed by atoms with E-state index in [1.165, 1.54) is 31.0 Å². The minimum absolute atomic E-state index is 0.0291. The Morgan fingerprint density at radius 2 is 1.92 bits per heavy atom. The van der Waals surface area contributed by atoms with Gasteiger partial charge in [0.2, 0.25) is 6.79 Å². The van der Waals surface area contributed by atoms with Gasteiger partial charge in [0.1, 0.15) is 4.32 Å². The van der Waals surface area contributed by atoms with Crippen LogP contribution in [0, 0.1) is 0 Å². The molecule has 24 heavy (non-hydrogen) atoms. The number of carbonyl (C=O) groups is 1. The molecule has 3 aliphatic rings. The van der Waals surface area contributed by atoms with Gasteiger partial charge in [-0.05, 0) is 36.6 Å². The Balaban J connectivity index is 1.62. The highest BCUT2D eigenvalue weighted by molar-refractivity contribution is 9.10. The molecule has 0 bridgehead atoms. The third kappa shape index (κ3) is 2.97. The lowest BCUT2D eigenvalue weighted by Crippen LogP contribution is -2.39. The highest BCUT2D eigenvalue weighted by Gasteiger charge is 2.37. The molecule has 1 saturated heterocycles. The Morgan fingerprint density at radius 1 is 1.21 bits per heavy atom. The number of rotatable bonds is 2. The number of nitrogens with zero attached hydrogens (tertiary/aromatic N) is 1. The van der Waals surface area contributed by atoms with E-state index < -0.39 is 0 Å². The number of benzene rings is 1. The van der Waals surface area contributed by atoms with Gasteiger partial charge in [0.05, 0.1) is 4.91 Å². The molecular formula is C17H16BrNO3S2. The minimum atomic E-state index is 0.0291. The zero-order chi connectivity index (χ0) is 16.7. The van der Waals surface area contributed by atoms with Gasteiger partial charge in [-0.3, -0.25) is 9.69 Å². The van der Waals surface area contributed by atoms with Crippen molar-refractivity contribution < 1.29 is 14.3 Å². The van der Waals surface area contributed by atoms with Crippen molar-refractivity contribution in [1.29, 1.82) is 0 Å². The molecule has 0 N–H and O–H groups in total. The molecule has 4 nitrogen and oxygen atoms in total. The van der Waals surface area contributed by atoms with Crippen LogP contribution >= 0.6 is 39.9 Å². The number of hydrogen-bond donors (Lipinski definition) is 0. The van der Waals surface area contributed by atoms with E-state index in [9.17, 15) is 4.79 Å². The van der Waals surface area contributed by atoms with Crippen molar-refractivity contribution in [1.82, 2.24) is 4.90 Å². The minimum Gasteiger partial charge on any atom is -0.454 e. The van der Waals surface area contributed by atoms with Gasteiger partial charge >= 0.3 is 0 Å². The molecule has 126 valence electrons. The first-order chi connectivity index (χ1) is 11.6. The van der Waals surface area contributed by atoms with Gasteiger partial charge in [0.25, 0.3) is 5.91 Å². The van der Waals surface area contributed by atoms with E-state index in [0.29, 0.717) is 20.7 Å². The molecule has 4 rings (SSSR count).